The van der Waals surface area contributed by atoms with Gasteiger partial charge in [-0.2, -0.15) is 0 Å². The van der Waals surface area contributed by atoms with Gasteiger partial charge in [0.15, 0.2) is 5.43 Å². The molecule has 1 aromatic heterocycles. The van der Waals surface area contributed by atoms with Crippen molar-refractivity contribution in [2.45, 2.75) is 118 Å². The lowest BCUT2D eigenvalue weighted by atomic mass is 9.43. The van der Waals surface area contributed by atoms with Crippen molar-refractivity contribution >= 4 is 43.2 Å². The van der Waals surface area contributed by atoms with E-state index in [9.17, 15) is 24.9 Å². The number of anilines is 1. The number of nitrogens with one attached hydrogen (secondary N) is 1. The van der Waals surface area contributed by atoms with Gasteiger partial charge in [0.05, 0.1) is 23.7 Å². The largest absolute Gasteiger partial charge is 0.481 e. The molecule has 292 valence electrons. The number of aryl methyl sites for hydroxylation is 1. The molecule has 0 amide bonds. The molecule has 11 atom stereocenters. The van der Waals surface area contributed by atoms with E-state index >= 15 is 0 Å². The number of hydrogen-bond donors (Lipinski definition) is 5. The maximum Gasteiger partial charge on any atom is 0.303 e. The zero-order chi connectivity index (χ0) is 38.2. The van der Waals surface area contributed by atoms with Crippen molar-refractivity contribution in [3.63, 3.8) is 0 Å². The number of fused-ring (bicyclic) bond motifs is 7. The fourth-order valence-electron chi connectivity index (χ4n) is 11.8. The van der Waals surface area contributed by atoms with Crippen LogP contribution < -0.4 is 10.7 Å². The van der Waals surface area contributed by atoms with Gasteiger partial charge in [-0.05, 0) is 141 Å². The first kappa shape index (κ1) is 40.1. The van der Waals surface area contributed by atoms with Gasteiger partial charge in [0.25, 0.3) is 0 Å². The molecule has 8 nitrogen and oxygen atoms in total. The summed E-state index contributed by atoms with van der Waals surface area (Å²) in [7, 11) is 0. The van der Waals surface area contributed by atoms with Crippen molar-refractivity contribution in [3.05, 3.63) is 52.2 Å². The first-order valence-corrected chi connectivity index (χ1v) is 21.2. The Hall–Kier alpha value is -2.56. The Morgan fingerprint density at radius 3 is 2.45 bits per heavy atom. The summed E-state index contributed by atoms with van der Waals surface area (Å²) in [5.74, 6) is 0.997. The Morgan fingerprint density at radius 2 is 1.74 bits per heavy atom. The van der Waals surface area contributed by atoms with Crippen LogP contribution in [-0.2, 0) is 4.79 Å². The van der Waals surface area contributed by atoms with Gasteiger partial charge in [0.1, 0.15) is 0 Å². The maximum atomic E-state index is 13.0. The van der Waals surface area contributed by atoms with Crippen LogP contribution in [-0.4, -0.2) is 75.8 Å². The van der Waals surface area contributed by atoms with Gasteiger partial charge in [-0.25, -0.2) is 0 Å². The van der Waals surface area contributed by atoms with E-state index in [0.717, 1.165) is 103 Å². The van der Waals surface area contributed by atoms with Crippen LogP contribution in [0.4, 0.5) is 5.69 Å². The maximum absolute atomic E-state index is 13.0. The summed E-state index contributed by atoms with van der Waals surface area (Å²) < 4.78 is 2.14. The molecule has 0 radical (unpaired) electrons. The molecule has 7 rings (SSSR count). The van der Waals surface area contributed by atoms with Gasteiger partial charge in [-0.1, -0.05) is 52.8 Å². The summed E-state index contributed by atoms with van der Waals surface area (Å²) in [5, 5.41) is 47.2. The van der Waals surface area contributed by atoms with E-state index in [-0.39, 0.29) is 46.7 Å². The summed E-state index contributed by atoms with van der Waals surface area (Å²) in [6.45, 7) is 17.1. The molecule has 4 saturated carbocycles. The number of aliphatic hydroxyl groups is 3. The minimum absolute atomic E-state index is 0.0957. The molecule has 4 fully saturated rings. The van der Waals surface area contributed by atoms with Crippen molar-refractivity contribution in [1.82, 2.24) is 4.90 Å². The van der Waals surface area contributed by atoms with E-state index in [4.69, 9.17) is 5.11 Å². The molecule has 1 heterocycles. The fourth-order valence-corrected chi connectivity index (χ4v) is 12.9. The van der Waals surface area contributed by atoms with Crippen molar-refractivity contribution in [1.29, 1.82) is 0 Å². The van der Waals surface area contributed by atoms with Gasteiger partial charge in [-0.15, -0.1) is 11.3 Å². The highest BCUT2D eigenvalue weighted by Gasteiger charge is 2.65. The van der Waals surface area contributed by atoms with Crippen molar-refractivity contribution < 1.29 is 25.2 Å². The highest BCUT2D eigenvalue weighted by atomic mass is 32.1. The third kappa shape index (κ3) is 7.54. The number of carboxylic acids is 1. The third-order valence-electron chi connectivity index (χ3n) is 14.9. The Balaban J connectivity index is 0.000000185. The molecule has 0 aliphatic heterocycles. The van der Waals surface area contributed by atoms with Crippen molar-refractivity contribution in [3.8, 4) is 0 Å². The van der Waals surface area contributed by atoms with E-state index in [1.54, 1.807) is 11.3 Å². The molecule has 3 aromatic rings. The second-order valence-electron chi connectivity index (χ2n) is 17.5. The molecule has 0 bridgehead atoms. The predicted octanol–water partition coefficient (Wildman–Crippen LogP) is 7.93. The Bertz CT molecular complexity index is 1810. The van der Waals surface area contributed by atoms with E-state index in [1.807, 2.05) is 30.3 Å². The SMILES string of the molecule is CCN(CC)CCNc1ccc(C)c2sc3ccccc3c(=O)c12.C[C@H](CCC(=O)O)[C@H]1CC[C@H]2[C@@H]3[C@H](O)C[C@@H]4C[C@H](O)CC[C@]4(C)[C@H]3C[C@H](O)[C@]12C. The molecule has 5 N–H and O–H groups in total. The average molecular weight is 749 g/mol. The van der Waals surface area contributed by atoms with Gasteiger partial charge in [-0.3, -0.25) is 9.59 Å². The monoisotopic (exact) mass is 748 g/mol. The van der Waals surface area contributed by atoms with E-state index in [1.165, 1.54) is 0 Å². The van der Waals surface area contributed by atoms with Crippen LogP contribution in [0, 0.1) is 53.3 Å². The molecule has 0 saturated heterocycles. The minimum atomic E-state index is -0.748. The van der Waals surface area contributed by atoms with Crippen LogP contribution in [0.25, 0.3) is 20.2 Å². The summed E-state index contributed by atoms with van der Waals surface area (Å²) in [5.41, 5.74) is 2.10. The Labute approximate surface area is 320 Å². The highest BCUT2D eigenvalue weighted by molar-refractivity contribution is 7.24. The lowest BCUT2D eigenvalue weighted by molar-refractivity contribution is -0.207. The van der Waals surface area contributed by atoms with Gasteiger partial charge >= 0.3 is 5.97 Å². The molecule has 0 spiro atoms. The second kappa shape index (κ2) is 16.3. The summed E-state index contributed by atoms with van der Waals surface area (Å²) in [6.07, 6.45) is 6.00. The standard InChI is InChI=1S/C24H40O5.C20H24N2OS/c1-13(4-7-21(28)29)16-5-6-17-22-18(12-20(27)24(16,17)3)23(2)9-8-15(25)10-14(23)11-19(22)26;1-4-22(5-2)13-12-21-16-11-10-14(3)20-18(16)19(23)15-8-6-7-9-17(15)24-20/h13-20,22,25-27H,4-12H2,1-3H3,(H,28,29);6-11,21H,4-5,12-13H2,1-3H3/t13-,14+,15-,16-,17+,18+,19-,20+,22+,23+,24-;/m1./s1. The molecule has 53 heavy (non-hydrogen) atoms. The Morgan fingerprint density at radius 1 is 1.00 bits per heavy atom. The molecule has 9 heteroatoms. The van der Waals surface area contributed by atoms with Crippen LogP contribution in [0.15, 0.2) is 41.2 Å². The summed E-state index contributed by atoms with van der Waals surface area (Å²) in [6, 6.07) is 12.0. The number of likely N-dealkylation sites (N-methyl/N-ethyl adjacent to an activating group) is 1. The van der Waals surface area contributed by atoms with Crippen LogP contribution in [0.3, 0.4) is 0 Å². The van der Waals surface area contributed by atoms with Crippen molar-refractivity contribution in [2.75, 3.05) is 31.5 Å². The van der Waals surface area contributed by atoms with Gasteiger partial charge in [0.2, 0.25) is 0 Å². The predicted molar refractivity (Wildman–Crippen MR) is 217 cm³/mol. The number of nitrogens with zero attached hydrogens (tertiary/aromatic N) is 1. The number of rotatable bonds is 10. The third-order valence-corrected chi connectivity index (χ3v) is 16.2. The molecule has 2 aromatic carbocycles. The zero-order valence-electron chi connectivity index (χ0n) is 32.8. The summed E-state index contributed by atoms with van der Waals surface area (Å²) >= 11 is 1.70. The number of benzene rings is 2. The first-order valence-electron chi connectivity index (χ1n) is 20.4. The van der Waals surface area contributed by atoms with Crippen LogP contribution in [0.5, 0.6) is 0 Å². The second-order valence-corrected chi connectivity index (χ2v) is 18.5. The molecular weight excluding hydrogens is 685 g/mol. The van der Waals surface area contributed by atoms with E-state index in [0.29, 0.717) is 30.1 Å². The molecular formula is C44H64N2O6S. The number of hydrogen-bond acceptors (Lipinski definition) is 8. The van der Waals surface area contributed by atoms with E-state index in [2.05, 4.69) is 57.8 Å². The van der Waals surface area contributed by atoms with Gasteiger partial charge < -0.3 is 30.6 Å². The van der Waals surface area contributed by atoms with Gasteiger partial charge in [0, 0.05) is 40.0 Å². The van der Waals surface area contributed by atoms with Crippen LogP contribution in [0.2, 0.25) is 0 Å². The zero-order valence-corrected chi connectivity index (χ0v) is 33.6. The molecule has 4 aliphatic rings. The highest BCUT2D eigenvalue weighted by Crippen LogP contribution is 2.68. The van der Waals surface area contributed by atoms with Crippen LogP contribution >= 0.6 is 11.3 Å². The first-order chi connectivity index (χ1) is 25.2. The fraction of sp³-hybridized carbons (Fsp3) is 0.682. The smallest absolute Gasteiger partial charge is 0.303 e. The Kier molecular flexibility index (Phi) is 12.3. The average Bonchev–Trinajstić information content (AvgIpc) is 3.50. The quantitative estimate of drug-likeness (QED) is 0.132. The number of carboxylic acid groups (broad SMARTS) is 1. The van der Waals surface area contributed by atoms with Crippen molar-refractivity contribution in [2.24, 2.45) is 46.3 Å². The molecule has 0 unspecified atom stereocenters. The van der Waals surface area contributed by atoms with E-state index < -0.39 is 12.1 Å². The lowest BCUT2D eigenvalue weighted by Crippen LogP contribution is -2.62. The number of aliphatic hydroxyl groups excluding tert-OH is 3. The number of aliphatic carboxylic acids is 1. The van der Waals surface area contributed by atoms with Crippen LogP contribution in [0.1, 0.15) is 98.0 Å². The normalized spacial score (nSPS) is 34.2. The number of carbonyl (C=O) groups is 1. The minimum Gasteiger partial charge on any atom is -0.481 e. The summed E-state index contributed by atoms with van der Waals surface area (Å²) in [4.78, 5) is 26.5. The lowest BCUT2D eigenvalue weighted by Gasteiger charge is -2.63. The molecule has 4 aliphatic carbocycles. The topological polar surface area (TPSA) is 130 Å².